The summed E-state index contributed by atoms with van der Waals surface area (Å²) in [7, 11) is 1.97. The Morgan fingerprint density at radius 3 is 1.31 bits per heavy atom. The molecule has 22 nitrogen and oxygen atoms in total. The summed E-state index contributed by atoms with van der Waals surface area (Å²) in [5.74, 6) is -0.709. The summed E-state index contributed by atoms with van der Waals surface area (Å²) in [5.41, 5.74) is 9.72. The highest BCUT2D eigenvalue weighted by Gasteiger charge is 2.24. The lowest BCUT2D eigenvalue weighted by Gasteiger charge is -2.18. The van der Waals surface area contributed by atoms with Crippen molar-refractivity contribution >= 4 is 185 Å². The van der Waals surface area contributed by atoms with Crippen molar-refractivity contribution in [1.82, 2.24) is 24.8 Å². The number of nitrogens with two attached hydrogens (primary N) is 1. The van der Waals surface area contributed by atoms with Gasteiger partial charge in [0.15, 0.2) is 5.84 Å². The average molecular weight is 1510 g/mol. The van der Waals surface area contributed by atoms with Crippen LogP contribution in [0.3, 0.4) is 0 Å². The minimum atomic E-state index is -0.552. The second-order valence-electron chi connectivity index (χ2n) is 21.0. The molecule has 0 bridgehead atoms. The lowest BCUT2D eigenvalue weighted by molar-refractivity contribution is 0.101. The first kappa shape index (κ1) is 71.6. The van der Waals surface area contributed by atoms with E-state index in [2.05, 4.69) is 77.8 Å². The number of likely N-dealkylation sites (N-methyl/N-ethyl adjacent to an activating group) is 1. The zero-order valence-corrected chi connectivity index (χ0v) is 57.4. The Morgan fingerprint density at radius 2 is 0.897 bits per heavy atom. The Morgan fingerprint density at radius 1 is 0.485 bits per heavy atom. The minimum absolute atomic E-state index is 0.0652. The van der Waals surface area contributed by atoms with E-state index in [0.29, 0.717) is 59.1 Å². The van der Waals surface area contributed by atoms with Gasteiger partial charge in [0, 0.05) is 93.2 Å². The fourth-order valence-corrected chi connectivity index (χ4v) is 11.2. The number of aromatic nitrogens is 3. The van der Waals surface area contributed by atoms with Crippen molar-refractivity contribution in [3.05, 3.63) is 260 Å². The molecular formula is C67H53BrCl7N15O7. The number of amidine groups is 3. The number of likely N-dealkylation sites (tertiary alicyclic amines) is 1. The van der Waals surface area contributed by atoms with Crippen molar-refractivity contribution in [1.29, 1.82) is 5.41 Å². The summed E-state index contributed by atoms with van der Waals surface area (Å²) < 4.78 is 0.665. The van der Waals surface area contributed by atoms with Gasteiger partial charge in [0.25, 0.3) is 35.4 Å². The molecule has 9 aromatic rings. The van der Waals surface area contributed by atoms with E-state index in [4.69, 9.17) is 97.6 Å². The monoisotopic (exact) mass is 1500 g/mol. The van der Waals surface area contributed by atoms with Gasteiger partial charge in [-0.1, -0.05) is 139 Å². The van der Waals surface area contributed by atoms with Crippen LogP contribution in [0, 0.1) is 5.41 Å². The summed E-state index contributed by atoms with van der Waals surface area (Å²) in [6.07, 6.45) is 6.38. The molecule has 0 atom stereocenters. The van der Waals surface area contributed by atoms with Crippen LogP contribution >= 0.6 is 97.1 Å². The van der Waals surface area contributed by atoms with Gasteiger partial charge in [0.1, 0.15) is 29.1 Å². The lowest BCUT2D eigenvalue weighted by atomic mass is 10.1. The molecule has 30 heteroatoms. The zero-order chi connectivity index (χ0) is 69.4. The van der Waals surface area contributed by atoms with Gasteiger partial charge in [-0.05, 0) is 128 Å². The zero-order valence-electron chi connectivity index (χ0n) is 50.5. The van der Waals surface area contributed by atoms with E-state index in [9.17, 15) is 28.8 Å². The standard InChI is InChI=1S/C24H20Cl3N5O2.C23H18Cl3N5O2.C20H15BrClN5O3/c25-16-7-8-20(29-13-16)30-24(34)18-11-17(26)12-19(27)21(18)31-23(33)15-5-3-14(4-6-15)22(28)32-9-1-2-10-32;1-31-9-8-27-21(31)13-2-4-14(5-3-13)22(32)30-20-17(10-16(25)11-18(20)26)23(33)29-19-7-6-15(24)12-28-19;21-13-5-7-16(15(9-13)20(29)26-17-8-6-14(22)10-24-17)25-19(28)12-3-1-11(2-4-12)18(23)27-30/h3-8,11-13,28H,1-2,9-10H2,(H,31,33)(H,29,30,34);2-7,10-12H,8-9H2,1H3,(H,30,32)(H,28,29,33);1-10,30H,(H2,23,27)(H,25,28)(H,24,26,29). The fraction of sp³-hybridized carbons (Fsp3) is 0.104. The molecule has 0 radical (unpaired) electrons. The summed E-state index contributed by atoms with van der Waals surface area (Å²) in [5, 5.41) is 38.1. The molecule has 2 aliphatic heterocycles. The first-order chi connectivity index (χ1) is 46.5. The van der Waals surface area contributed by atoms with Crippen LogP contribution in [0.5, 0.6) is 0 Å². The van der Waals surface area contributed by atoms with Gasteiger partial charge in [-0.3, -0.25) is 39.2 Å². The Bertz CT molecular complexity index is 4510. The second-order valence-corrected chi connectivity index (χ2v) is 24.9. The third-order valence-corrected chi connectivity index (χ3v) is 16.5. The number of hydrogen-bond acceptors (Lipinski definition) is 14. The molecule has 5 heterocycles. The van der Waals surface area contributed by atoms with Gasteiger partial charge in [-0.2, -0.15) is 0 Å². The number of nitrogens with zero attached hydrogens (tertiary/aromatic N) is 7. The van der Waals surface area contributed by atoms with Gasteiger partial charge in [-0.25, -0.2) is 15.0 Å². The van der Waals surface area contributed by atoms with Crippen LogP contribution in [-0.4, -0.2) is 116 Å². The number of rotatable bonds is 15. The van der Waals surface area contributed by atoms with E-state index in [1.54, 1.807) is 103 Å². The van der Waals surface area contributed by atoms with Crippen molar-refractivity contribution in [2.24, 2.45) is 15.9 Å². The van der Waals surface area contributed by atoms with E-state index < -0.39 is 35.4 Å². The number of nitrogens with one attached hydrogen (secondary N) is 7. The van der Waals surface area contributed by atoms with Crippen molar-refractivity contribution in [2.45, 2.75) is 12.8 Å². The van der Waals surface area contributed by atoms with Gasteiger partial charge in [-0.15, -0.1) is 0 Å². The van der Waals surface area contributed by atoms with E-state index in [1.165, 1.54) is 55.0 Å². The van der Waals surface area contributed by atoms with Crippen LogP contribution < -0.4 is 37.6 Å². The quantitative estimate of drug-likeness (QED) is 0.0200. The van der Waals surface area contributed by atoms with Crippen LogP contribution in [0.1, 0.15) is 91.7 Å². The highest BCUT2D eigenvalue weighted by atomic mass is 79.9. The highest BCUT2D eigenvalue weighted by molar-refractivity contribution is 9.10. The molecule has 6 amide bonds. The Hall–Kier alpha value is -9.69. The molecule has 2 aliphatic rings. The largest absolute Gasteiger partial charge is 0.409 e. The summed E-state index contributed by atoms with van der Waals surface area (Å²) in [4.78, 5) is 97.7. The molecular weight excluding hydrogens is 1450 g/mol. The van der Waals surface area contributed by atoms with E-state index in [0.717, 1.165) is 56.0 Å². The number of carbonyl (C=O) groups excluding carboxylic acids is 6. The van der Waals surface area contributed by atoms with Gasteiger partial charge < -0.3 is 52.6 Å². The number of benzene rings is 6. The number of pyridine rings is 3. The molecule has 1 fully saturated rings. The normalized spacial score (nSPS) is 12.4. The molecule has 0 unspecified atom stereocenters. The van der Waals surface area contributed by atoms with Crippen LogP contribution in [0.4, 0.5) is 34.5 Å². The maximum atomic E-state index is 12.9. The number of aliphatic imine (C=N–C) groups is 1. The smallest absolute Gasteiger partial charge is 0.259 e. The molecule has 10 N–H and O–H groups in total. The fourth-order valence-electron chi connectivity index (χ4n) is 9.41. The highest BCUT2D eigenvalue weighted by Crippen LogP contribution is 2.34. The minimum Gasteiger partial charge on any atom is -0.409 e. The van der Waals surface area contributed by atoms with E-state index >= 15 is 0 Å². The third kappa shape index (κ3) is 19.3. The second kappa shape index (κ2) is 33.3. The van der Waals surface area contributed by atoms with Crippen molar-refractivity contribution in [3.63, 3.8) is 0 Å². The summed E-state index contributed by atoms with van der Waals surface area (Å²) in [6.45, 7) is 3.35. The molecule has 494 valence electrons. The number of hydrogen-bond donors (Lipinski definition) is 9. The lowest BCUT2D eigenvalue weighted by Crippen LogP contribution is -2.27. The average Bonchev–Trinajstić information content (AvgIpc) is 1.64. The van der Waals surface area contributed by atoms with Crippen LogP contribution in [0.25, 0.3) is 0 Å². The molecule has 6 aromatic carbocycles. The van der Waals surface area contributed by atoms with Crippen molar-refractivity contribution < 1.29 is 34.0 Å². The van der Waals surface area contributed by atoms with Gasteiger partial charge >= 0.3 is 0 Å². The number of amides is 6. The topological polar surface area (TPSA) is 315 Å². The first-order valence-electron chi connectivity index (χ1n) is 28.9. The maximum Gasteiger partial charge on any atom is 0.259 e. The molecule has 1 saturated heterocycles. The SMILES string of the molecule is CN1CCN=C1c1ccc(C(=O)Nc2c(Cl)cc(Cl)cc2C(=O)Nc2ccc(Cl)cn2)cc1.N=C(c1ccc(C(=O)Nc2c(Cl)cc(Cl)cc2C(=O)Nc2ccc(Cl)cn2)cc1)N1CCCC1.NC(=NO)c1ccc(C(=O)Nc2ccc(Br)cc2C(=O)Nc2ccc(Cl)cn2)cc1. The number of halogens is 8. The molecule has 97 heavy (non-hydrogen) atoms. The van der Waals surface area contributed by atoms with E-state index in [-0.39, 0.29) is 65.6 Å². The molecule has 0 spiro atoms. The predicted octanol–water partition coefficient (Wildman–Crippen LogP) is 15.3. The summed E-state index contributed by atoms with van der Waals surface area (Å²) in [6, 6.07) is 40.0. The Kier molecular flexibility index (Phi) is 24.6. The number of oxime groups is 1. The maximum absolute atomic E-state index is 12.9. The van der Waals surface area contributed by atoms with Crippen molar-refractivity contribution in [3.8, 4) is 0 Å². The van der Waals surface area contributed by atoms with Crippen LogP contribution in [0.15, 0.2) is 185 Å². The third-order valence-electron chi connectivity index (χ3n) is 14.3. The van der Waals surface area contributed by atoms with Crippen LogP contribution in [-0.2, 0) is 0 Å². The van der Waals surface area contributed by atoms with Crippen LogP contribution in [0.2, 0.25) is 35.2 Å². The van der Waals surface area contributed by atoms with Gasteiger partial charge in [0.05, 0.1) is 65.4 Å². The summed E-state index contributed by atoms with van der Waals surface area (Å²) >= 11 is 45.7. The number of carbonyl (C=O) groups is 6. The molecule has 11 rings (SSSR count). The molecule has 0 saturated carbocycles. The Labute approximate surface area is 598 Å². The Balaban J connectivity index is 0.000000171. The first-order valence-corrected chi connectivity index (χ1v) is 32.3. The van der Waals surface area contributed by atoms with E-state index in [1.807, 2.05) is 24.1 Å². The number of anilines is 6. The predicted molar refractivity (Wildman–Crippen MR) is 386 cm³/mol. The van der Waals surface area contributed by atoms with Gasteiger partial charge in [0.2, 0.25) is 0 Å². The molecule has 0 aliphatic carbocycles. The van der Waals surface area contributed by atoms with Crippen molar-refractivity contribution in [2.75, 3.05) is 65.1 Å². The molecule has 3 aromatic heterocycles.